The molecule has 0 fully saturated rings. The number of carbonyl (C=O) groups excluding carboxylic acids is 1. The molecule has 7 nitrogen and oxygen atoms in total. The Labute approximate surface area is 133 Å². The minimum Gasteiger partial charge on any atom is -0.306 e. The van der Waals surface area contributed by atoms with Crippen molar-refractivity contribution in [1.29, 1.82) is 0 Å². The van der Waals surface area contributed by atoms with Crippen LogP contribution in [0.5, 0.6) is 0 Å². The van der Waals surface area contributed by atoms with Crippen LogP contribution in [0, 0.1) is 0 Å². The third-order valence-electron chi connectivity index (χ3n) is 3.23. The first kappa shape index (κ1) is 14.8. The fraction of sp³-hybridized carbons (Fsp3) is 0.188. The van der Waals surface area contributed by atoms with Gasteiger partial charge >= 0.3 is 0 Å². The first-order valence-corrected chi connectivity index (χ1v) is 7.24. The molecule has 0 aliphatic rings. The van der Waals surface area contributed by atoms with Crippen molar-refractivity contribution >= 4 is 11.7 Å². The van der Waals surface area contributed by atoms with Crippen molar-refractivity contribution in [3.05, 3.63) is 60.3 Å². The van der Waals surface area contributed by atoms with Gasteiger partial charge in [-0.2, -0.15) is 9.78 Å². The zero-order valence-electron chi connectivity index (χ0n) is 12.8. The number of nitrogens with zero attached hydrogens (tertiary/aromatic N) is 5. The molecule has 1 N–H and O–H groups in total. The maximum atomic E-state index is 12.3. The summed E-state index contributed by atoms with van der Waals surface area (Å²) in [5, 5.41) is 7.33. The molecule has 7 heteroatoms. The van der Waals surface area contributed by atoms with E-state index in [4.69, 9.17) is 0 Å². The molecule has 1 amide bonds. The third-order valence-corrected chi connectivity index (χ3v) is 3.23. The molecule has 3 rings (SSSR count). The normalized spacial score (nSPS) is 10.7. The van der Waals surface area contributed by atoms with Crippen molar-refractivity contribution in [2.75, 3.05) is 5.32 Å². The number of amides is 1. The highest BCUT2D eigenvalue weighted by molar-refractivity contribution is 6.03. The molecule has 3 aromatic rings. The van der Waals surface area contributed by atoms with E-state index in [0.717, 1.165) is 5.69 Å². The number of rotatable bonds is 4. The molecule has 116 valence electrons. The lowest BCUT2D eigenvalue weighted by Gasteiger charge is -2.06. The number of pyridine rings is 1. The second-order valence-electron chi connectivity index (χ2n) is 5.27. The first-order chi connectivity index (χ1) is 11.1. The summed E-state index contributed by atoms with van der Waals surface area (Å²) in [6.45, 7) is 4.07. The summed E-state index contributed by atoms with van der Waals surface area (Å²) in [7, 11) is 0. The average molecular weight is 308 g/mol. The van der Waals surface area contributed by atoms with E-state index in [1.807, 2.05) is 19.9 Å². The van der Waals surface area contributed by atoms with Crippen LogP contribution in [-0.4, -0.2) is 30.6 Å². The van der Waals surface area contributed by atoms with E-state index >= 15 is 0 Å². The molecule has 0 aliphatic heterocycles. The van der Waals surface area contributed by atoms with Gasteiger partial charge in [0, 0.05) is 30.9 Å². The van der Waals surface area contributed by atoms with Gasteiger partial charge in [0.1, 0.15) is 5.82 Å². The van der Waals surface area contributed by atoms with Crippen LogP contribution in [0.4, 0.5) is 5.82 Å². The van der Waals surface area contributed by atoms with Gasteiger partial charge in [0.05, 0.1) is 11.3 Å². The predicted molar refractivity (Wildman–Crippen MR) is 85.4 cm³/mol. The predicted octanol–water partition coefficient (Wildman–Crippen LogP) is 2.43. The van der Waals surface area contributed by atoms with E-state index in [-0.39, 0.29) is 11.8 Å². The highest BCUT2D eigenvalue weighted by Gasteiger charge is 2.16. The quantitative estimate of drug-likeness (QED) is 0.800. The zero-order chi connectivity index (χ0) is 16.2. The van der Waals surface area contributed by atoms with Crippen LogP contribution in [0.3, 0.4) is 0 Å². The van der Waals surface area contributed by atoms with Crippen LogP contribution in [-0.2, 0) is 0 Å². The van der Waals surface area contributed by atoms with Crippen LogP contribution >= 0.6 is 0 Å². The SMILES string of the molecule is CC(C)c1cc(NC(=O)c2cccnc2)n(-c2ncccn2)n1. The topological polar surface area (TPSA) is 85.6 Å². The number of hydrogen-bond acceptors (Lipinski definition) is 5. The highest BCUT2D eigenvalue weighted by Crippen LogP contribution is 2.20. The Bertz CT molecular complexity index is 798. The Morgan fingerprint density at radius 3 is 2.61 bits per heavy atom. The van der Waals surface area contributed by atoms with Crippen molar-refractivity contribution in [3.8, 4) is 5.95 Å². The summed E-state index contributed by atoms with van der Waals surface area (Å²) in [6.07, 6.45) is 6.39. The Kier molecular flexibility index (Phi) is 4.09. The largest absolute Gasteiger partial charge is 0.306 e. The van der Waals surface area contributed by atoms with E-state index in [1.165, 1.54) is 10.9 Å². The minimum absolute atomic E-state index is 0.217. The monoisotopic (exact) mass is 308 g/mol. The molecule has 0 radical (unpaired) electrons. The third kappa shape index (κ3) is 3.23. The molecule has 3 heterocycles. The van der Waals surface area contributed by atoms with Crippen molar-refractivity contribution in [3.63, 3.8) is 0 Å². The number of nitrogens with one attached hydrogen (secondary N) is 1. The van der Waals surface area contributed by atoms with Gasteiger partial charge < -0.3 is 5.32 Å². The molecular weight excluding hydrogens is 292 g/mol. The van der Waals surface area contributed by atoms with Crippen molar-refractivity contribution < 1.29 is 4.79 Å². The lowest BCUT2D eigenvalue weighted by molar-refractivity contribution is 0.102. The van der Waals surface area contributed by atoms with E-state index in [0.29, 0.717) is 17.3 Å². The Hall–Kier alpha value is -3.09. The molecular formula is C16H16N6O. The summed E-state index contributed by atoms with van der Waals surface area (Å²) in [5.41, 5.74) is 1.32. The number of anilines is 1. The van der Waals surface area contributed by atoms with E-state index in [1.54, 1.807) is 36.8 Å². The summed E-state index contributed by atoms with van der Waals surface area (Å²) in [6, 6.07) is 6.97. The Balaban J connectivity index is 1.96. The van der Waals surface area contributed by atoms with Crippen LogP contribution in [0.25, 0.3) is 5.95 Å². The van der Waals surface area contributed by atoms with Gasteiger partial charge in [-0.3, -0.25) is 9.78 Å². The summed E-state index contributed by atoms with van der Waals surface area (Å²) < 4.78 is 1.53. The van der Waals surface area contributed by atoms with Gasteiger partial charge in [-0.25, -0.2) is 9.97 Å². The molecule has 0 aromatic carbocycles. The molecule has 0 spiro atoms. The maximum Gasteiger partial charge on any atom is 0.258 e. The molecule has 0 atom stereocenters. The van der Waals surface area contributed by atoms with Gasteiger partial charge in [0.25, 0.3) is 11.9 Å². The Morgan fingerprint density at radius 1 is 1.17 bits per heavy atom. The molecule has 0 aliphatic carbocycles. The molecule has 0 saturated carbocycles. The van der Waals surface area contributed by atoms with Crippen LogP contribution in [0.15, 0.2) is 49.1 Å². The fourth-order valence-electron chi connectivity index (χ4n) is 2.01. The smallest absolute Gasteiger partial charge is 0.258 e. The maximum absolute atomic E-state index is 12.3. The zero-order valence-corrected chi connectivity index (χ0v) is 12.8. The second kappa shape index (κ2) is 6.35. The average Bonchev–Trinajstić information content (AvgIpc) is 3.00. The lowest BCUT2D eigenvalue weighted by Crippen LogP contribution is -2.16. The molecule has 0 saturated heterocycles. The molecule has 23 heavy (non-hydrogen) atoms. The highest BCUT2D eigenvalue weighted by atomic mass is 16.1. The summed E-state index contributed by atoms with van der Waals surface area (Å²) >= 11 is 0. The lowest BCUT2D eigenvalue weighted by atomic mass is 10.1. The molecule has 3 aromatic heterocycles. The van der Waals surface area contributed by atoms with Crippen molar-refractivity contribution in [2.45, 2.75) is 19.8 Å². The van der Waals surface area contributed by atoms with E-state index in [9.17, 15) is 4.79 Å². The van der Waals surface area contributed by atoms with Crippen LogP contribution < -0.4 is 5.32 Å². The number of aromatic nitrogens is 5. The summed E-state index contributed by atoms with van der Waals surface area (Å²) in [5.74, 6) is 0.883. The van der Waals surface area contributed by atoms with Gasteiger partial charge in [0.15, 0.2) is 0 Å². The van der Waals surface area contributed by atoms with E-state index in [2.05, 4.69) is 25.4 Å². The number of carbonyl (C=O) groups is 1. The summed E-state index contributed by atoms with van der Waals surface area (Å²) in [4.78, 5) is 24.7. The van der Waals surface area contributed by atoms with Gasteiger partial charge in [-0.05, 0) is 24.1 Å². The molecule has 0 unspecified atom stereocenters. The Morgan fingerprint density at radius 2 is 1.96 bits per heavy atom. The van der Waals surface area contributed by atoms with Gasteiger partial charge in [-0.15, -0.1) is 0 Å². The fourth-order valence-corrected chi connectivity index (χ4v) is 2.01. The standard InChI is InChI=1S/C16H16N6O/c1-11(2)13-9-14(20-15(23)12-5-3-6-17-10-12)22(21-13)16-18-7-4-8-19-16/h3-11H,1-2H3,(H,20,23). The van der Waals surface area contributed by atoms with Gasteiger partial charge in [-0.1, -0.05) is 13.8 Å². The van der Waals surface area contributed by atoms with Crippen LogP contribution in [0.1, 0.15) is 35.8 Å². The van der Waals surface area contributed by atoms with Crippen LogP contribution in [0.2, 0.25) is 0 Å². The second-order valence-corrected chi connectivity index (χ2v) is 5.27. The van der Waals surface area contributed by atoms with E-state index < -0.39 is 0 Å². The first-order valence-electron chi connectivity index (χ1n) is 7.24. The van der Waals surface area contributed by atoms with Crippen molar-refractivity contribution in [1.82, 2.24) is 24.7 Å². The van der Waals surface area contributed by atoms with Gasteiger partial charge in [0.2, 0.25) is 0 Å². The van der Waals surface area contributed by atoms with Crippen molar-refractivity contribution in [2.24, 2.45) is 0 Å². The molecule has 0 bridgehead atoms. The minimum atomic E-state index is -0.259. The number of hydrogen-bond donors (Lipinski definition) is 1.